The number of piperazine rings is 1. The highest BCUT2D eigenvalue weighted by Gasteiger charge is 2.30. The Morgan fingerprint density at radius 1 is 1.07 bits per heavy atom. The van der Waals surface area contributed by atoms with E-state index in [0.29, 0.717) is 17.4 Å². The lowest BCUT2D eigenvalue weighted by atomic mass is 10.1. The van der Waals surface area contributed by atoms with Crippen molar-refractivity contribution in [2.45, 2.75) is 25.8 Å². The first-order chi connectivity index (χ1) is 14.6. The first-order valence-corrected chi connectivity index (χ1v) is 11.4. The van der Waals surface area contributed by atoms with E-state index < -0.39 is 0 Å². The van der Waals surface area contributed by atoms with E-state index >= 15 is 0 Å². The van der Waals surface area contributed by atoms with Crippen LogP contribution in [-0.4, -0.2) is 51.5 Å². The van der Waals surface area contributed by atoms with Gasteiger partial charge in [0.1, 0.15) is 5.65 Å². The van der Waals surface area contributed by atoms with Crippen LogP contribution in [-0.2, 0) is 0 Å². The molecular formula is C23H23N5OS. The summed E-state index contributed by atoms with van der Waals surface area (Å²) in [5.74, 6) is 0. The SMILES string of the molecule is Cc1nc2ccc(-c3cc(=O)n4cc(N5CCN6CCC[C@H]6C5)ccc4n3)cc2s1. The molecule has 0 radical (unpaired) electrons. The third-order valence-electron chi connectivity index (χ3n) is 6.39. The molecule has 0 spiro atoms. The van der Waals surface area contributed by atoms with Crippen molar-refractivity contribution in [3.8, 4) is 11.3 Å². The van der Waals surface area contributed by atoms with Gasteiger partial charge >= 0.3 is 0 Å². The summed E-state index contributed by atoms with van der Waals surface area (Å²) in [6.45, 7) is 6.40. The lowest BCUT2D eigenvalue weighted by Gasteiger charge is -2.38. The number of aromatic nitrogens is 3. The van der Waals surface area contributed by atoms with Crippen LogP contribution in [0.2, 0.25) is 0 Å². The molecule has 2 saturated heterocycles. The van der Waals surface area contributed by atoms with E-state index in [9.17, 15) is 4.79 Å². The van der Waals surface area contributed by atoms with Crippen LogP contribution in [0, 0.1) is 6.92 Å². The molecule has 0 aliphatic carbocycles. The summed E-state index contributed by atoms with van der Waals surface area (Å²) in [4.78, 5) is 27.2. The van der Waals surface area contributed by atoms with Crippen LogP contribution in [0.3, 0.4) is 0 Å². The van der Waals surface area contributed by atoms with Gasteiger partial charge in [-0.05, 0) is 50.6 Å². The minimum Gasteiger partial charge on any atom is -0.367 e. The molecule has 152 valence electrons. The molecule has 1 atom stereocenters. The van der Waals surface area contributed by atoms with E-state index in [1.54, 1.807) is 21.8 Å². The molecule has 0 unspecified atom stereocenters. The zero-order valence-corrected chi connectivity index (χ0v) is 17.7. The van der Waals surface area contributed by atoms with Crippen molar-refractivity contribution in [3.05, 3.63) is 58.0 Å². The molecular weight excluding hydrogens is 394 g/mol. The van der Waals surface area contributed by atoms with Gasteiger partial charge in [0.15, 0.2) is 0 Å². The Hall–Kier alpha value is -2.77. The fourth-order valence-electron chi connectivity index (χ4n) is 4.85. The molecule has 0 N–H and O–H groups in total. The number of hydrogen-bond donors (Lipinski definition) is 0. The maximum absolute atomic E-state index is 12.9. The number of thiazole rings is 1. The van der Waals surface area contributed by atoms with E-state index in [1.165, 1.54) is 19.4 Å². The number of rotatable bonds is 2. The summed E-state index contributed by atoms with van der Waals surface area (Å²) in [5.41, 5.74) is 4.39. The Kier molecular flexibility index (Phi) is 4.14. The van der Waals surface area contributed by atoms with Gasteiger partial charge in [0.2, 0.25) is 0 Å². The average Bonchev–Trinajstić information content (AvgIpc) is 3.37. The van der Waals surface area contributed by atoms with Crippen molar-refractivity contribution in [3.63, 3.8) is 0 Å². The van der Waals surface area contributed by atoms with E-state index in [2.05, 4.69) is 26.9 Å². The molecule has 3 aromatic heterocycles. The molecule has 6 rings (SSSR count). The smallest absolute Gasteiger partial charge is 0.258 e. The predicted octanol–water partition coefficient (Wildman–Crippen LogP) is 3.56. The van der Waals surface area contributed by atoms with Crippen LogP contribution in [0.1, 0.15) is 17.8 Å². The number of anilines is 1. The van der Waals surface area contributed by atoms with Gasteiger partial charge in [-0.2, -0.15) is 0 Å². The van der Waals surface area contributed by atoms with Crippen LogP contribution < -0.4 is 10.5 Å². The molecule has 1 aromatic carbocycles. The van der Waals surface area contributed by atoms with E-state index in [0.717, 1.165) is 46.1 Å². The van der Waals surface area contributed by atoms with Gasteiger partial charge in [-0.15, -0.1) is 11.3 Å². The van der Waals surface area contributed by atoms with Crippen molar-refractivity contribution in [1.82, 2.24) is 19.3 Å². The Balaban J connectivity index is 1.36. The molecule has 2 aliphatic rings. The van der Waals surface area contributed by atoms with Crippen LogP contribution >= 0.6 is 11.3 Å². The zero-order valence-electron chi connectivity index (χ0n) is 16.9. The highest BCUT2D eigenvalue weighted by atomic mass is 32.1. The first kappa shape index (κ1) is 18.0. The average molecular weight is 418 g/mol. The van der Waals surface area contributed by atoms with Crippen molar-refractivity contribution in [2.24, 2.45) is 0 Å². The number of fused-ring (bicyclic) bond motifs is 3. The fraction of sp³-hybridized carbons (Fsp3) is 0.348. The van der Waals surface area contributed by atoms with Crippen LogP contribution in [0.5, 0.6) is 0 Å². The monoisotopic (exact) mass is 417 g/mol. The van der Waals surface area contributed by atoms with Gasteiger partial charge < -0.3 is 4.90 Å². The number of hydrogen-bond acceptors (Lipinski definition) is 6. The van der Waals surface area contributed by atoms with Gasteiger partial charge in [0.05, 0.1) is 26.6 Å². The minimum absolute atomic E-state index is 0.0445. The second-order valence-corrected chi connectivity index (χ2v) is 9.52. The van der Waals surface area contributed by atoms with Gasteiger partial charge in [0, 0.05) is 43.5 Å². The third kappa shape index (κ3) is 3.00. The summed E-state index contributed by atoms with van der Waals surface area (Å²) in [7, 11) is 0. The molecule has 2 fully saturated rings. The molecule has 5 heterocycles. The number of benzene rings is 1. The van der Waals surface area contributed by atoms with Crippen molar-refractivity contribution in [1.29, 1.82) is 0 Å². The Morgan fingerprint density at radius 3 is 2.93 bits per heavy atom. The molecule has 0 bridgehead atoms. The summed E-state index contributed by atoms with van der Waals surface area (Å²) in [6.07, 6.45) is 4.53. The molecule has 0 saturated carbocycles. The standard InChI is InChI=1S/C23H23N5OS/c1-15-24-19-6-4-16(11-21(19)30-15)20-12-23(29)28-14-18(5-7-22(28)25-20)27-10-9-26-8-2-3-17(26)13-27/h4-7,11-12,14,17H,2-3,8-10,13H2,1H3/t17-/m0/s1. The van der Waals surface area contributed by atoms with Crippen LogP contribution in [0.15, 0.2) is 47.4 Å². The third-order valence-corrected chi connectivity index (χ3v) is 7.32. The molecule has 2 aliphatic heterocycles. The molecule has 30 heavy (non-hydrogen) atoms. The van der Waals surface area contributed by atoms with Crippen LogP contribution in [0.4, 0.5) is 5.69 Å². The zero-order chi connectivity index (χ0) is 20.2. The van der Waals surface area contributed by atoms with Crippen LogP contribution in [0.25, 0.3) is 27.1 Å². The maximum Gasteiger partial charge on any atom is 0.258 e. The topological polar surface area (TPSA) is 53.7 Å². The van der Waals surface area contributed by atoms with Crippen molar-refractivity contribution in [2.75, 3.05) is 31.1 Å². The molecule has 7 heteroatoms. The normalized spacial score (nSPS) is 19.6. The fourth-order valence-corrected chi connectivity index (χ4v) is 5.72. The van der Waals surface area contributed by atoms with Gasteiger partial charge in [-0.25, -0.2) is 9.97 Å². The second-order valence-electron chi connectivity index (χ2n) is 8.29. The summed E-state index contributed by atoms with van der Waals surface area (Å²) >= 11 is 1.66. The minimum atomic E-state index is -0.0445. The highest BCUT2D eigenvalue weighted by Crippen LogP contribution is 2.28. The Morgan fingerprint density at radius 2 is 2.00 bits per heavy atom. The Labute approximate surface area is 178 Å². The summed E-state index contributed by atoms with van der Waals surface area (Å²) in [6, 6.07) is 12.4. The quantitative estimate of drug-likeness (QED) is 0.499. The van der Waals surface area contributed by atoms with Gasteiger partial charge in [-0.1, -0.05) is 6.07 Å². The number of aryl methyl sites for hydroxylation is 1. The van der Waals surface area contributed by atoms with Crippen molar-refractivity contribution >= 4 is 32.9 Å². The van der Waals surface area contributed by atoms with Gasteiger partial charge in [-0.3, -0.25) is 14.1 Å². The largest absolute Gasteiger partial charge is 0.367 e. The highest BCUT2D eigenvalue weighted by molar-refractivity contribution is 7.18. The Bertz CT molecular complexity index is 1330. The van der Waals surface area contributed by atoms with E-state index in [-0.39, 0.29) is 5.56 Å². The number of nitrogens with zero attached hydrogens (tertiary/aromatic N) is 5. The van der Waals surface area contributed by atoms with Crippen molar-refractivity contribution < 1.29 is 0 Å². The predicted molar refractivity (Wildman–Crippen MR) is 122 cm³/mol. The molecule has 0 amide bonds. The van der Waals surface area contributed by atoms with Gasteiger partial charge in [0.25, 0.3) is 5.56 Å². The maximum atomic E-state index is 12.9. The summed E-state index contributed by atoms with van der Waals surface area (Å²) in [5, 5.41) is 1.04. The molecule has 4 aromatic rings. The van der Waals surface area contributed by atoms with E-state index in [4.69, 9.17) is 4.98 Å². The lowest BCUT2D eigenvalue weighted by molar-refractivity contribution is 0.231. The second kappa shape index (κ2) is 6.89. The summed E-state index contributed by atoms with van der Waals surface area (Å²) < 4.78 is 2.79. The number of pyridine rings is 1. The van der Waals surface area contributed by atoms with E-state index in [1.807, 2.05) is 31.3 Å². The first-order valence-electron chi connectivity index (χ1n) is 10.5. The molecule has 6 nitrogen and oxygen atoms in total. The lowest BCUT2D eigenvalue weighted by Crippen LogP contribution is -2.50.